The topological polar surface area (TPSA) is 75.4 Å². The molecule has 6 nitrogen and oxygen atoms in total. The first-order valence-corrected chi connectivity index (χ1v) is 6.05. The van der Waals surface area contributed by atoms with Crippen molar-refractivity contribution in [3.63, 3.8) is 0 Å². The van der Waals surface area contributed by atoms with Gasteiger partial charge in [-0.1, -0.05) is 0 Å². The van der Waals surface area contributed by atoms with Gasteiger partial charge in [0.15, 0.2) is 5.89 Å². The van der Waals surface area contributed by atoms with Gasteiger partial charge < -0.3 is 4.42 Å². The maximum atomic E-state index is 11.8. The number of nitrogens with zero attached hydrogens (tertiary/aromatic N) is 2. The number of imide groups is 1. The minimum Gasteiger partial charge on any atom is -0.449 e. The number of hydrogen-bond acceptors (Lipinski definition) is 5. The lowest BCUT2D eigenvalue weighted by atomic mass is 9.85. The van der Waals surface area contributed by atoms with Crippen molar-refractivity contribution >= 4 is 11.8 Å². The molecule has 2 fully saturated rings. The van der Waals surface area contributed by atoms with Gasteiger partial charge in [0.05, 0.1) is 11.1 Å². The fourth-order valence-electron chi connectivity index (χ4n) is 2.82. The van der Waals surface area contributed by atoms with E-state index in [1.54, 1.807) is 13.2 Å². The highest BCUT2D eigenvalue weighted by Gasteiger charge is 2.50. The van der Waals surface area contributed by atoms with Crippen molar-refractivity contribution in [2.45, 2.75) is 26.3 Å². The second kappa shape index (κ2) is 3.91. The molecule has 3 rings (SSSR count). The summed E-state index contributed by atoms with van der Waals surface area (Å²) in [6.07, 6.45) is 2.70. The fraction of sp³-hybridized carbons (Fsp3) is 0.583. The third-order valence-corrected chi connectivity index (χ3v) is 3.72. The molecule has 96 valence electrons. The summed E-state index contributed by atoms with van der Waals surface area (Å²) < 4.78 is 5.16. The van der Waals surface area contributed by atoms with Crippen molar-refractivity contribution in [3.8, 4) is 0 Å². The number of aryl methyl sites for hydroxylation is 1. The standard InChI is InChI=1S/C12H15N3O3/c1-8-13-9(6-18-8)5-15-3-2-12(7-15)4-10(16)14-11(12)17/h6H,2-5,7H2,1H3,(H,14,16,17)/t12-/m1/s1. The Labute approximate surface area is 104 Å². The highest BCUT2D eigenvalue weighted by atomic mass is 16.3. The number of amides is 2. The summed E-state index contributed by atoms with van der Waals surface area (Å²) in [6, 6.07) is 0. The average molecular weight is 249 g/mol. The molecule has 0 aliphatic carbocycles. The van der Waals surface area contributed by atoms with Crippen molar-refractivity contribution in [2.24, 2.45) is 5.41 Å². The summed E-state index contributed by atoms with van der Waals surface area (Å²) >= 11 is 0. The molecule has 1 atom stereocenters. The van der Waals surface area contributed by atoms with Crippen LogP contribution in [0.1, 0.15) is 24.4 Å². The molecule has 1 aromatic heterocycles. The summed E-state index contributed by atoms with van der Waals surface area (Å²) in [4.78, 5) is 29.5. The smallest absolute Gasteiger partial charge is 0.234 e. The second-order valence-electron chi connectivity index (χ2n) is 5.15. The van der Waals surface area contributed by atoms with E-state index in [2.05, 4.69) is 15.2 Å². The maximum Gasteiger partial charge on any atom is 0.234 e. The Kier molecular flexibility index (Phi) is 2.48. The van der Waals surface area contributed by atoms with E-state index in [0.717, 1.165) is 18.7 Å². The third-order valence-electron chi connectivity index (χ3n) is 3.72. The molecule has 2 aliphatic heterocycles. The lowest BCUT2D eigenvalue weighted by Crippen LogP contribution is -2.34. The first-order chi connectivity index (χ1) is 8.57. The van der Waals surface area contributed by atoms with E-state index in [1.807, 2.05) is 0 Å². The summed E-state index contributed by atoms with van der Waals surface area (Å²) in [5.74, 6) is 0.373. The summed E-state index contributed by atoms with van der Waals surface area (Å²) in [5, 5.41) is 2.40. The molecule has 1 aromatic rings. The molecular formula is C12H15N3O3. The number of oxazole rings is 1. The molecule has 0 aromatic carbocycles. The fourth-order valence-corrected chi connectivity index (χ4v) is 2.82. The predicted molar refractivity (Wildman–Crippen MR) is 61.3 cm³/mol. The summed E-state index contributed by atoms with van der Waals surface area (Å²) in [7, 11) is 0. The minimum absolute atomic E-state index is 0.119. The lowest BCUT2D eigenvalue weighted by molar-refractivity contribution is -0.128. The van der Waals surface area contributed by atoms with Crippen LogP contribution in [0, 0.1) is 12.3 Å². The van der Waals surface area contributed by atoms with E-state index in [4.69, 9.17) is 4.42 Å². The van der Waals surface area contributed by atoms with E-state index in [-0.39, 0.29) is 11.8 Å². The zero-order valence-electron chi connectivity index (χ0n) is 10.2. The van der Waals surface area contributed by atoms with Crippen LogP contribution in [0.15, 0.2) is 10.7 Å². The van der Waals surface area contributed by atoms with E-state index in [9.17, 15) is 9.59 Å². The monoisotopic (exact) mass is 249 g/mol. The zero-order chi connectivity index (χ0) is 12.8. The Morgan fingerprint density at radius 2 is 2.39 bits per heavy atom. The van der Waals surface area contributed by atoms with E-state index < -0.39 is 5.41 Å². The van der Waals surface area contributed by atoms with Crippen molar-refractivity contribution in [1.82, 2.24) is 15.2 Å². The average Bonchev–Trinajstić information content (AvgIpc) is 2.93. The van der Waals surface area contributed by atoms with Crippen molar-refractivity contribution < 1.29 is 14.0 Å². The Bertz CT molecular complexity index is 510. The van der Waals surface area contributed by atoms with Crippen LogP contribution in [0.25, 0.3) is 0 Å². The molecule has 2 amide bonds. The Hall–Kier alpha value is -1.69. The van der Waals surface area contributed by atoms with Crippen molar-refractivity contribution in [1.29, 1.82) is 0 Å². The van der Waals surface area contributed by atoms with E-state index in [0.29, 0.717) is 25.4 Å². The predicted octanol–water partition coefficient (Wildman–Crippen LogP) is 0.222. The van der Waals surface area contributed by atoms with Gasteiger partial charge in [-0.2, -0.15) is 0 Å². The van der Waals surface area contributed by atoms with E-state index >= 15 is 0 Å². The van der Waals surface area contributed by atoms with Gasteiger partial charge in [0.25, 0.3) is 0 Å². The number of carbonyl (C=O) groups is 2. The summed E-state index contributed by atoms with van der Waals surface area (Å²) in [6.45, 7) is 3.90. The molecule has 0 radical (unpaired) electrons. The minimum atomic E-state index is -0.504. The largest absolute Gasteiger partial charge is 0.449 e. The molecule has 2 aliphatic rings. The molecule has 1 N–H and O–H groups in total. The molecule has 6 heteroatoms. The number of aromatic nitrogens is 1. The third kappa shape index (κ3) is 1.82. The lowest BCUT2D eigenvalue weighted by Gasteiger charge is -2.19. The second-order valence-corrected chi connectivity index (χ2v) is 5.15. The van der Waals surface area contributed by atoms with Gasteiger partial charge >= 0.3 is 0 Å². The van der Waals surface area contributed by atoms with Gasteiger partial charge in [-0.05, 0) is 13.0 Å². The molecule has 18 heavy (non-hydrogen) atoms. The quantitative estimate of drug-likeness (QED) is 0.759. The van der Waals surface area contributed by atoms with Gasteiger partial charge in [0.2, 0.25) is 11.8 Å². The highest BCUT2D eigenvalue weighted by Crippen LogP contribution is 2.37. The van der Waals surface area contributed by atoms with Crippen LogP contribution in [0.2, 0.25) is 0 Å². The van der Waals surface area contributed by atoms with Gasteiger partial charge in [0, 0.05) is 26.4 Å². The first kappa shape index (κ1) is 11.4. The van der Waals surface area contributed by atoms with Crippen LogP contribution in [-0.4, -0.2) is 34.8 Å². The maximum absolute atomic E-state index is 11.8. The van der Waals surface area contributed by atoms with Crippen molar-refractivity contribution in [2.75, 3.05) is 13.1 Å². The molecule has 1 spiro atoms. The van der Waals surface area contributed by atoms with Gasteiger partial charge in [-0.3, -0.25) is 19.8 Å². The number of carbonyl (C=O) groups excluding carboxylic acids is 2. The molecule has 0 unspecified atom stereocenters. The Morgan fingerprint density at radius 3 is 3.00 bits per heavy atom. The van der Waals surface area contributed by atoms with Crippen molar-refractivity contribution in [3.05, 3.63) is 17.8 Å². The van der Waals surface area contributed by atoms with Crippen LogP contribution in [0.3, 0.4) is 0 Å². The van der Waals surface area contributed by atoms with Crippen LogP contribution in [-0.2, 0) is 16.1 Å². The highest BCUT2D eigenvalue weighted by molar-refractivity contribution is 6.06. The zero-order valence-corrected chi connectivity index (χ0v) is 10.2. The van der Waals surface area contributed by atoms with Crippen LogP contribution in [0.5, 0.6) is 0 Å². The molecule has 0 bridgehead atoms. The molecule has 2 saturated heterocycles. The van der Waals surface area contributed by atoms with Gasteiger partial charge in [-0.15, -0.1) is 0 Å². The van der Waals surface area contributed by atoms with E-state index in [1.165, 1.54) is 0 Å². The number of nitrogens with one attached hydrogen (secondary N) is 1. The van der Waals surface area contributed by atoms with Gasteiger partial charge in [0.1, 0.15) is 6.26 Å². The molecule has 3 heterocycles. The Balaban J connectivity index is 1.68. The number of likely N-dealkylation sites (tertiary alicyclic amines) is 1. The normalized spacial score (nSPS) is 28.3. The van der Waals surface area contributed by atoms with Crippen LogP contribution < -0.4 is 5.32 Å². The SMILES string of the molecule is Cc1nc(CN2CC[C@@]3(CC(=O)NC3=O)C2)co1. The first-order valence-electron chi connectivity index (χ1n) is 6.05. The molecule has 0 saturated carbocycles. The van der Waals surface area contributed by atoms with Crippen LogP contribution in [0.4, 0.5) is 0 Å². The van der Waals surface area contributed by atoms with Crippen LogP contribution >= 0.6 is 0 Å². The summed E-state index contributed by atoms with van der Waals surface area (Å²) in [5.41, 5.74) is 0.366. The number of rotatable bonds is 2. The molecular weight excluding hydrogens is 234 g/mol. The number of hydrogen-bond donors (Lipinski definition) is 1. The Morgan fingerprint density at radius 1 is 1.56 bits per heavy atom. The van der Waals surface area contributed by atoms with Gasteiger partial charge in [-0.25, -0.2) is 4.98 Å².